The van der Waals surface area contributed by atoms with Crippen LogP contribution in [0.15, 0.2) is 12.4 Å². The predicted octanol–water partition coefficient (Wildman–Crippen LogP) is 2.98. The van der Waals surface area contributed by atoms with Gasteiger partial charge in [-0.25, -0.2) is 4.98 Å². The van der Waals surface area contributed by atoms with E-state index in [0.29, 0.717) is 5.15 Å². The normalized spacial score (nSPS) is 25.5. The van der Waals surface area contributed by atoms with Crippen LogP contribution in [0.5, 0.6) is 0 Å². The number of rotatable bonds is 3. The van der Waals surface area contributed by atoms with E-state index in [2.05, 4.69) is 22.2 Å². The Morgan fingerprint density at radius 2 is 2.33 bits per heavy atom. The first-order valence-corrected chi connectivity index (χ1v) is 5.85. The van der Waals surface area contributed by atoms with Crippen molar-refractivity contribution in [2.45, 2.75) is 26.2 Å². The van der Waals surface area contributed by atoms with Gasteiger partial charge in [-0.2, -0.15) is 0 Å². The molecule has 1 aliphatic carbocycles. The van der Waals surface area contributed by atoms with E-state index in [9.17, 15) is 0 Å². The van der Waals surface area contributed by atoms with Crippen LogP contribution in [0.1, 0.15) is 26.2 Å². The van der Waals surface area contributed by atoms with Gasteiger partial charge in [0.15, 0.2) is 0 Å². The Morgan fingerprint density at radius 1 is 1.47 bits per heavy atom. The number of aromatic nitrogens is 2. The molecule has 1 fully saturated rings. The van der Waals surface area contributed by atoms with E-state index in [1.807, 2.05) is 0 Å². The van der Waals surface area contributed by atoms with E-state index in [4.69, 9.17) is 11.6 Å². The molecule has 1 aliphatic rings. The van der Waals surface area contributed by atoms with E-state index in [1.165, 1.54) is 19.3 Å². The fourth-order valence-corrected chi connectivity index (χ4v) is 2.34. The first-order chi connectivity index (χ1) is 7.25. The lowest BCUT2D eigenvalue weighted by Crippen LogP contribution is -2.17. The first kappa shape index (κ1) is 10.7. The summed E-state index contributed by atoms with van der Waals surface area (Å²) in [5, 5.41) is 3.74. The fraction of sp³-hybridized carbons (Fsp3) is 0.636. The van der Waals surface area contributed by atoms with Crippen LogP contribution in [0.25, 0.3) is 0 Å². The summed E-state index contributed by atoms with van der Waals surface area (Å²) in [5.74, 6) is 2.37. The summed E-state index contributed by atoms with van der Waals surface area (Å²) >= 11 is 5.76. The second-order valence-electron chi connectivity index (χ2n) is 4.28. The van der Waals surface area contributed by atoms with Crippen molar-refractivity contribution in [3.63, 3.8) is 0 Å². The van der Waals surface area contributed by atoms with Crippen LogP contribution >= 0.6 is 11.6 Å². The van der Waals surface area contributed by atoms with Crippen LogP contribution in [-0.2, 0) is 0 Å². The van der Waals surface area contributed by atoms with Crippen molar-refractivity contribution in [2.24, 2.45) is 11.8 Å². The first-order valence-electron chi connectivity index (χ1n) is 5.47. The summed E-state index contributed by atoms with van der Waals surface area (Å²) < 4.78 is 0. The molecule has 0 aromatic carbocycles. The van der Waals surface area contributed by atoms with Crippen molar-refractivity contribution in [3.8, 4) is 0 Å². The Morgan fingerprint density at radius 3 is 3.00 bits per heavy atom. The lowest BCUT2D eigenvalue weighted by molar-refractivity contribution is 0.439. The monoisotopic (exact) mass is 225 g/mol. The van der Waals surface area contributed by atoms with Crippen LogP contribution in [0.4, 0.5) is 5.82 Å². The van der Waals surface area contributed by atoms with Crippen molar-refractivity contribution >= 4 is 17.4 Å². The summed E-state index contributed by atoms with van der Waals surface area (Å²) in [6, 6.07) is 0. The summed E-state index contributed by atoms with van der Waals surface area (Å²) in [7, 11) is 0. The number of hydrogen-bond acceptors (Lipinski definition) is 3. The van der Waals surface area contributed by atoms with E-state index in [1.54, 1.807) is 12.4 Å². The summed E-state index contributed by atoms with van der Waals surface area (Å²) in [5.41, 5.74) is 0. The van der Waals surface area contributed by atoms with Gasteiger partial charge in [-0.3, -0.25) is 4.98 Å². The van der Waals surface area contributed by atoms with Gasteiger partial charge in [-0.1, -0.05) is 31.4 Å². The van der Waals surface area contributed by atoms with Crippen molar-refractivity contribution in [3.05, 3.63) is 17.5 Å². The van der Waals surface area contributed by atoms with Crippen molar-refractivity contribution < 1.29 is 0 Å². The molecule has 0 radical (unpaired) electrons. The Labute approximate surface area is 95.3 Å². The molecule has 1 heterocycles. The quantitative estimate of drug-likeness (QED) is 0.860. The SMILES string of the molecule is CC1CCCC1CNc1cncc(Cl)n1. The second kappa shape index (κ2) is 4.79. The molecule has 0 amide bonds. The highest BCUT2D eigenvalue weighted by Gasteiger charge is 2.22. The molecule has 2 rings (SSSR count). The van der Waals surface area contributed by atoms with Crippen LogP contribution in [0.2, 0.25) is 5.15 Å². The minimum absolute atomic E-state index is 0.444. The highest BCUT2D eigenvalue weighted by molar-refractivity contribution is 6.29. The summed E-state index contributed by atoms with van der Waals surface area (Å²) in [6.45, 7) is 3.30. The maximum atomic E-state index is 5.76. The lowest BCUT2D eigenvalue weighted by atomic mass is 9.98. The molecule has 15 heavy (non-hydrogen) atoms. The van der Waals surface area contributed by atoms with Gasteiger partial charge in [0.25, 0.3) is 0 Å². The van der Waals surface area contributed by atoms with Gasteiger partial charge in [-0.15, -0.1) is 0 Å². The molecule has 0 aliphatic heterocycles. The van der Waals surface area contributed by atoms with Crippen molar-refractivity contribution in [1.29, 1.82) is 0 Å². The molecular formula is C11H16ClN3. The number of halogens is 1. The zero-order valence-electron chi connectivity index (χ0n) is 8.91. The summed E-state index contributed by atoms with van der Waals surface area (Å²) in [4.78, 5) is 8.14. The molecule has 0 bridgehead atoms. The van der Waals surface area contributed by atoms with Gasteiger partial charge in [-0.05, 0) is 18.3 Å². The third-order valence-corrected chi connectivity index (χ3v) is 3.37. The number of nitrogens with zero attached hydrogens (tertiary/aromatic N) is 2. The maximum absolute atomic E-state index is 5.76. The van der Waals surface area contributed by atoms with Gasteiger partial charge in [0.05, 0.1) is 12.4 Å². The van der Waals surface area contributed by atoms with Gasteiger partial charge in [0.2, 0.25) is 0 Å². The molecule has 1 N–H and O–H groups in total. The standard InChI is InChI=1S/C11H16ClN3/c1-8-3-2-4-9(8)5-14-11-7-13-6-10(12)15-11/h6-9H,2-5H2,1H3,(H,14,15). The molecule has 4 heteroatoms. The van der Waals surface area contributed by atoms with Crippen molar-refractivity contribution in [1.82, 2.24) is 9.97 Å². The highest BCUT2D eigenvalue weighted by atomic mass is 35.5. The molecule has 82 valence electrons. The fourth-order valence-electron chi connectivity index (χ4n) is 2.19. The molecule has 3 nitrogen and oxygen atoms in total. The molecule has 2 unspecified atom stereocenters. The van der Waals surface area contributed by atoms with Crippen LogP contribution in [0, 0.1) is 11.8 Å². The second-order valence-corrected chi connectivity index (χ2v) is 4.66. The molecule has 1 aromatic rings. The van der Waals surface area contributed by atoms with E-state index in [0.717, 1.165) is 24.2 Å². The highest BCUT2D eigenvalue weighted by Crippen LogP contribution is 2.31. The zero-order valence-corrected chi connectivity index (χ0v) is 9.67. The smallest absolute Gasteiger partial charge is 0.149 e. The minimum Gasteiger partial charge on any atom is -0.368 e. The van der Waals surface area contributed by atoms with Crippen molar-refractivity contribution in [2.75, 3.05) is 11.9 Å². The third-order valence-electron chi connectivity index (χ3n) is 3.19. The predicted molar refractivity (Wildman–Crippen MR) is 62.0 cm³/mol. The molecule has 0 saturated heterocycles. The number of anilines is 1. The van der Waals surface area contributed by atoms with E-state index < -0.39 is 0 Å². The summed E-state index contributed by atoms with van der Waals surface area (Å²) in [6.07, 6.45) is 7.29. The number of nitrogens with one attached hydrogen (secondary N) is 1. The molecular weight excluding hydrogens is 210 g/mol. The largest absolute Gasteiger partial charge is 0.368 e. The van der Waals surface area contributed by atoms with Gasteiger partial charge in [0, 0.05) is 6.54 Å². The Hall–Kier alpha value is -0.830. The average molecular weight is 226 g/mol. The Kier molecular flexibility index (Phi) is 3.41. The molecule has 1 aromatic heterocycles. The number of hydrogen-bond donors (Lipinski definition) is 1. The van der Waals surface area contributed by atoms with Crippen LogP contribution in [0.3, 0.4) is 0 Å². The molecule has 0 spiro atoms. The Balaban J connectivity index is 1.87. The minimum atomic E-state index is 0.444. The lowest BCUT2D eigenvalue weighted by Gasteiger charge is -2.15. The Bertz CT molecular complexity index is 329. The molecule has 2 atom stereocenters. The van der Waals surface area contributed by atoms with E-state index >= 15 is 0 Å². The van der Waals surface area contributed by atoms with Gasteiger partial charge in [0.1, 0.15) is 11.0 Å². The zero-order chi connectivity index (χ0) is 10.7. The van der Waals surface area contributed by atoms with Crippen LogP contribution < -0.4 is 5.32 Å². The maximum Gasteiger partial charge on any atom is 0.149 e. The van der Waals surface area contributed by atoms with Gasteiger partial charge < -0.3 is 5.32 Å². The topological polar surface area (TPSA) is 37.8 Å². The van der Waals surface area contributed by atoms with Crippen LogP contribution in [-0.4, -0.2) is 16.5 Å². The third kappa shape index (κ3) is 2.81. The average Bonchev–Trinajstić information content (AvgIpc) is 2.61. The van der Waals surface area contributed by atoms with Gasteiger partial charge >= 0.3 is 0 Å². The van der Waals surface area contributed by atoms with E-state index in [-0.39, 0.29) is 0 Å². The molecule has 1 saturated carbocycles.